The molecule has 1 N–H and O–H groups in total. The van der Waals surface area contributed by atoms with Crippen molar-refractivity contribution in [2.45, 2.75) is 19.4 Å². The molecule has 7 heteroatoms. The minimum Gasteiger partial charge on any atom is -0.313 e. The highest BCUT2D eigenvalue weighted by molar-refractivity contribution is 6.02. The first-order valence-corrected chi connectivity index (χ1v) is 8.03. The highest BCUT2D eigenvalue weighted by Crippen LogP contribution is 2.24. The van der Waals surface area contributed by atoms with Gasteiger partial charge in [-0.3, -0.25) is 9.48 Å². The van der Waals surface area contributed by atoms with Crippen LogP contribution in [0.3, 0.4) is 0 Å². The molecule has 1 atom stereocenters. The fourth-order valence-electron chi connectivity index (χ4n) is 3.00. The number of anilines is 2. The molecule has 1 aromatic heterocycles. The molecule has 1 aromatic carbocycles. The molecule has 0 aliphatic carbocycles. The van der Waals surface area contributed by atoms with Gasteiger partial charge in [0, 0.05) is 32.0 Å². The Morgan fingerprint density at radius 2 is 2.12 bits per heavy atom. The van der Waals surface area contributed by atoms with Crippen molar-refractivity contribution in [1.82, 2.24) is 14.7 Å². The van der Waals surface area contributed by atoms with Crippen LogP contribution in [0, 0.1) is 0 Å². The van der Waals surface area contributed by atoms with Crippen molar-refractivity contribution < 1.29 is 9.59 Å². The number of nitrogens with zero attached hydrogens (tertiary/aromatic N) is 4. The molecule has 1 aliphatic heterocycles. The predicted octanol–water partition coefficient (Wildman–Crippen LogP) is 2.08. The van der Waals surface area contributed by atoms with E-state index in [1.807, 2.05) is 37.3 Å². The number of para-hydroxylation sites is 1. The summed E-state index contributed by atoms with van der Waals surface area (Å²) in [4.78, 5) is 28.6. The van der Waals surface area contributed by atoms with Crippen molar-refractivity contribution in [3.05, 3.63) is 42.7 Å². The average Bonchev–Trinajstić information content (AvgIpc) is 3.16. The van der Waals surface area contributed by atoms with Crippen LogP contribution in [-0.2, 0) is 11.8 Å². The molecular formula is C17H21N5O2. The van der Waals surface area contributed by atoms with Gasteiger partial charge in [-0.15, -0.1) is 0 Å². The van der Waals surface area contributed by atoms with E-state index in [0.29, 0.717) is 25.2 Å². The normalized spacial score (nSPS) is 17.2. The summed E-state index contributed by atoms with van der Waals surface area (Å²) in [7, 11) is 1.78. The smallest absolute Gasteiger partial charge is 0.313 e. The predicted molar refractivity (Wildman–Crippen MR) is 91.8 cm³/mol. The van der Waals surface area contributed by atoms with Crippen LogP contribution in [0.15, 0.2) is 42.7 Å². The zero-order chi connectivity index (χ0) is 17.1. The number of rotatable bonds is 4. The number of benzene rings is 1. The topological polar surface area (TPSA) is 70.5 Å². The summed E-state index contributed by atoms with van der Waals surface area (Å²) in [6.45, 7) is 2.95. The summed E-state index contributed by atoms with van der Waals surface area (Å²) < 4.78 is 1.61. The van der Waals surface area contributed by atoms with Crippen LogP contribution in [0.2, 0.25) is 0 Å². The van der Waals surface area contributed by atoms with Gasteiger partial charge in [0.15, 0.2) is 0 Å². The van der Waals surface area contributed by atoms with E-state index in [-0.39, 0.29) is 11.9 Å². The number of aryl methyl sites for hydroxylation is 1. The van der Waals surface area contributed by atoms with E-state index in [4.69, 9.17) is 0 Å². The zero-order valence-electron chi connectivity index (χ0n) is 13.8. The average molecular weight is 327 g/mol. The first-order chi connectivity index (χ1) is 11.6. The zero-order valence-corrected chi connectivity index (χ0v) is 13.8. The Balaban J connectivity index is 1.72. The van der Waals surface area contributed by atoms with Gasteiger partial charge in [0.25, 0.3) is 0 Å². The molecule has 1 aliphatic rings. The molecule has 7 nitrogen and oxygen atoms in total. The summed E-state index contributed by atoms with van der Waals surface area (Å²) in [5.74, 6) is -0.0376. The second-order valence-corrected chi connectivity index (χ2v) is 5.75. The molecule has 1 saturated heterocycles. The van der Waals surface area contributed by atoms with Gasteiger partial charge in [0.1, 0.15) is 6.04 Å². The van der Waals surface area contributed by atoms with E-state index >= 15 is 0 Å². The lowest BCUT2D eigenvalue weighted by atomic mass is 10.2. The number of carbonyl (C=O) groups excluding carboxylic acids is 2. The van der Waals surface area contributed by atoms with Crippen LogP contribution in [0.4, 0.5) is 16.2 Å². The number of likely N-dealkylation sites (N-methyl/N-ethyl adjacent to an activating group) is 1. The third kappa shape index (κ3) is 3.10. The maximum atomic E-state index is 12.8. The molecule has 126 valence electrons. The molecule has 1 unspecified atom stereocenters. The maximum absolute atomic E-state index is 12.8. The van der Waals surface area contributed by atoms with E-state index < -0.39 is 6.04 Å². The van der Waals surface area contributed by atoms with Gasteiger partial charge in [-0.05, 0) is 25.5 Å². The first-order valence-electron chi connectivity index (χ1n) is 8.03. The molecule has 3 rings (SSSR count). The van der Waals surface area contributed by atoms with Crippen LogP contribution in [0.5, 0.6) is 0 Å². The minimum absolute atomic E-state index is 0.0376. The number of hydrogen-bond donors (Lipinski definition) is 1. The van der Waals surface area contributed by atoms with Crippen molar-refractivity contribution in [1.29, 1.82) is 0 Å². The molecule has 3 amide bonds. The van der Waals surface area contributed by atoms with Crippen LogP contribution in [-0.4, -0.2) is 45.8 Å². The number of hydrogen-bond acceptors (Lipinski definition) is 3. The third-order valence-electron chi connectivity index (χ3n) is 4.18. The van der Waals surface area contributed by atoms with Crippen molar-refractivity contribution in [2.75, 3.05) is 23.3 Å². The number of carbonyl (C=O) groups is 2. The fraction of sp³-hybridized carbons (Fsp3) is 0.353. The summed E-state index contributed by atoms with van der Waals surface area (Å²) in [5, 5.41) is 6.83. The van der Waals surface area contributed by atoms with Crippen molar-refractivity contribution in [3.8, 4) is 0 Å². The SMILES string of the molecule is CCN(C(=O)Nc1cnn(C)c1)C1CCN(c2ccccc2)C1=O. The Bertz CT molecular complexity index is 728. The number of amides is 3. The summed E-state index contributed by atoms with van der Waals surface area (Å²) >= 11 is 0. The highest BCUT2D eigenvalue weighted by atomic mass is 16.2. The monoisotopic (exact) mass is 327 g/mol. The molecule has 0 radical (unpaired) electrons. The second-order valence-electron chi connectivity index (χ2n) is 5.75. The molecular weight excluding hydrogens is 306 g/mol. The Morgan fingerprint density at radius 1 is 1.38 bits per heavy atom. The fourth-order valence-corrected chi connectivity index (χ4v) is 3.00. The van der Waals surface area contributed by atoms with E-state index in [9.17, 15) is 9.59 Å². The molecule has 24 heavy (non-hydrogen) atoms. The van der Waals surface area contributed by atoms with Crippen LogP contribution in [0.1, 0.15) is 13.3 Å². The van der Waals surface area contributed by atoms with Gasteiger partial charge in [0.2, 0.25) is 5.91 Å². The molecule has 0 saturated carbocycles. The van der Waals surface area contributed by atoms with Crippen LogP contribution >= 0.6 is 0 Å². The largest absolute Gasteiger partial charge is 0.322 e. The lowest BCUT2D eigenvalue weighted by Crippen LogP contribution is -2.47. The summed E-state index contributed by atoms with van der Waals surface area (Å²) in [5.41, 5.74) is 1.49. The highest BCUT2D eigenvalue weighted by Gasteiger charge is 2.38. The first kappa shape index (κ1) is 16.0. The van der Waals surface area contributed by atoms with Gasteiger partial charge in [0.05, 0.1) is 11.9 Å². The van der Waals surface area contributed by atoms with E-state index in [1.165, 1.54) is 0 Å². The molecule has 0 bridgehead atoms. The quantitative estimate of drug-likeness (QED) is 0.934. The van der Waals surface area contributed by atoms with Crippen molar-refractivity contribution in [2.24, 2.45) is 7.05 Å². The van der Waals surface area contributed by atoms with Gasteiger partial charge >= 0.3 is 6.03 Å². The number of nitrogens with one attached hydrogen (secondary N) is 1. The van der Waals surface area contributed by atoms with E-state index in [0.717, 1.165) is 5.69 Å². The Labute approximate surface area is 140 Å². The lowest BCUT2D eigenvalue weighted by Gasteiger charge is -2.26. The van der Waals surface area contributed by atoms with Crippen molar-refractivity contribution in [3.63, 3.8) is 0 Å². The molecule has 2 heterocycles. The second kappa shape index (κ2) is 6.74. The Hall–Kier alpha value is -2.83. The number of urea groups is 1. The van der Waals surface area contributed by atoms with E-state index in [2.05, 4.69) is 10.4 Å². The number of aromatic nitrogens is 2. The molecule has 1 fully saturated rings. The summed E-state index contributed by atoms with van der Waals surface area (Å²) in [6.07, 6.45) is 3.93. The lowest BCUT2D eigenvalue weighted by molar-refractivity contribution is -0.120. The Morgan fingerprint density at radius 3 is 2.75 bits per heavy atom. The summed E-state index contributed by atoms with van der Waals surface area (Å²) in [6, 6.07) is 8.83. The standard InChI is InChI=1S/C17H21N5O2/c1-3-21(17(24)19-13-11-18-20(2)12-13)15-9-10-22(16(15)23)14-7-5-4-6-8-14/h4-8,11-12,15H,3,9-10H2,1-2H3,(H,19,24). The van der Waals surface area contributed by atoms with Crippen LogP contribution in [0.25, 0.3) is 0 Å². The van der Waals surface area contributed by atoms with Gasteiger partial charge in [-0.1, -0.05) is 18.2 Å². The minimum atomic E-state index is -0.438. The molecule has 2 aromatic rings. The van der Waals surface area contributed by atoms with Gasteiger partial charge in [-0.2, -0.15) is 5.10 Å². The van der Waals surface area contributed by atoms with Crippen molar-refractivity contribution >= 4 is 23.3 Å². The van der Waals surface area contributed by atoms with E-state index in [1.54, 1.807) is 33.9 Å². The van der Waals surface area contributed by atoms with Gasteiger partial charge < -0.3 is 15.1 Å². The third-order valence-corrected chi connectivity index (χ3v) is 4.18. The maximum Gasteiger partial charge on any atom is 0.322 e. The van der Waals surface area contributed by atoms with Crippen LogP contribution < -0.4 is 10.2 Å². The Kier molecular flexibility index (Phi) is 4.50. The molecule has 0 spiro atoms. The van der Waals surface area contributed by atoms with Gasteiger partial charge in [-0.25, -0.2) is 4.79 Å².